The minimum absolute atomic E-state index is 0.214. The Balaban J connectivity index is 2.39. The van der Waals surface area contributed by atoms with Gasteiger partial charge in [-0.25, -0.2) is 0 Å². The third-order valence-electron chi connectivity index (χ3n) is 10.5. The SMILES string of the molecule is CC/C=C\C/C=C\C/C=C\C/C=C\CCC(=O)NC(COC1OC(CO)C(O)C(O)C1O)C(O)/C=C/CC/C=C/CCCCCCCCCCCCCCCCCC. The Morgan fingerprint density at radius 3 is 1.64 bits per heavy atom. The molecule has 7 unspecified atom stereocenters. The van der Waals surface area contributed by atoms with E-state index in [4.69, 9.17) is 9.47 Å². The maximum Gasteiger partial charge on any atom is 0.220 e. The third kappa shape index (κ3) is 29.0. The summed E-state index contributed by atoms with van der Waals surface area (Å²) in [5.41, 5.74) is 0. The van der Waals surface area contributed by atoms with Gasteiger partial charge in [-0.05, 0) is 57.8 Å². The lowest BCUT2D eigenvalue weighted by Crippen LogP contribution is -2.60. The lowest BCUT2D eigenvalue weighted by molar-refractivity contribution is -0.302. The Hall–Kier alpha value is -2.37. The summed E-state index contributed by atoms with van der Waals surface area (Å²) in [4.78, 5) is 12.9. The first-order valence-corrected chi connectivity index (χ1v) is 23.2. The number of aliphatic hydroxyl groups is 5. The van der Waals surface area contributed by atoms with Gasteiger partial charge in [0.15, 0.2) is 6.29 Å². The molecular weight excluding hydrogens is 731 g/mol. The number of aliphatic hydroxyl groups excluding tert-OH is 5. The molecule has 0 spiro atoms. The second-order valence-corrected chi connectivity index (χ2v) is 15.8. The second kappa shape index (κ2) is 38.8. The minimum atomic E-state index is -1.59. The van der Waals surface area contributed by atoms with Crippen molar-refractivity contribution in [2.24, 2.45) is 0 Å². The maximum atomic E-state index is 12.9. The van der Waals surface area contributed by atoms with Gasteiger partial charge in [-0.1, -0.05) is 183 Å². The highest BCUT2D eigenvalue weighted by molar-refractivity contribution is 5.76. The molecule has 1 aliphatic heterocycles. The molecule has 9 nitrogen and oxygen atoms in total. The Morgan fingerprint density at radius 1 is 0.603 bits per heavy atom. The number of unbranched alkanes of at least 4 members (excludes halogenated alkanes) is 17. The predicted molar refractivity (Wildman–Crippen MR) is 239 cm³/mol. The van der Waals surface area contributed by atoms with Crippen LogP contribution in [0.1, 0.15) is 174 Å². The molecule has 0 radical (unpaired) electrons. The van der Waals surface area contributed by atoms with E-state index in [1.54, 1.807) is 6.08 Å². The van der Waals surface area contributed by atoms with Gasteiger partial charge in [0.25, 0.3) is 0 Å². The summed E-state index contributed by atoms with van der Waals surface area (Å²) in [6.07, 6.45) is 45.5. The lowest BCUT2D eigenvalue weighted by Gasteiger charge is -2.40. The number of hydrogen-bond donors (Lipinski definition) is 6. The Morgan fingerprint density at radius 2 is 1.09 bits per heavy atom. The highest BCUT2D eigenvalue weighted by Crippen LogP contribution is 2.22. The van der Waals surface area contributed by atoms with E-state index in [0.717, 1.165) is 44.9 Å². The first-order valence-electron chi connectivity index (χ1n) is 23.2. The van der Waals surface area contributed by atoms with Crippen molar-refractivity contribution < 1.29 is 39.8 Å². The van der Waals surface area contributed by atoms with Gasteiger partial charge in [0.1, 0.15) is 24.4 Å². The summed E-state index contributed by atoms with van der Waals surface area (Å²) in [6, 6.07) is -0.862. The quantitative estimate of drug-likeness (QED) is 0.0268. The number of ether oxygens (including phenoxy) is 2. The van der Waals surface area contributed by atoms with Crippen LogP contribution in [0.25, 0.3) is 0 Å². The number of carbonyl (C=O) groups is 1. The molecule has 1 saturated heterocycles. The number of hydrogen-bond acceptors (Lipinski definition) is 8. The van der Waals surface area contributed by atoms with Gasteiger partial charge < -0.3 is 40.3 Å². The molecule has 334 valence electrons. The van der Waals surface area contributed by atoms with E-state index in [1.807, 2.05) is 18.2 Å². The van der Waals surface area contributed by atoms with Crippen molar-refractivity contribution in [3.8, 4) is 0 Å². The molecule has 7 atom stereocenters. The largest absolute Gasteiger partial charge is 0.394 e. The van der Waals surface area contributed by atoms with E-state index in [1.165, 1.54) is 103 Å². The summed E-state index contributed by atoms with van der Waals surface area (Å²) < 4.78 is 11.2. The zero-order valence-corrected chi connectivity index (χ0v) is 36.5. The van der Waals surface area contributed by atoms with Crippen molar-refractivity contribution in [3.05, 3.63) is 72.9 Å². The average molecular weight is 816 g/mol. The Kier molecular flexibility index (Phi) is 35.9. The van der Waals surface area contributed by atoms with E-state index >= 15 is 0 Å². The van der Waals surface area contributed by atoms with E-state index in [2.05, 4.69) is 67.8 Å². The Labute approximate surface area is 353 Å². The molecule has 0 aromatic heterocycles. The molecule has 9 heteroatoms. The molecular formula is C49H85NO8. The Bertz CT molecular complexity index is 1130. The zero-order valence-electron chi connectivity index (χ0n) is 36.5. The molecule has 1 heterocycles. The van der Waals surface area contributed by atoms with E-state index in [0.29, 0.717) is 6.42 Å². The van der Waals surface area contributed by atoms with Crippen LogP contribution in [-0.2, 0) is 14.3 Å². The molecule has 0 aliphatic carbocycles. The predicted octanol–water partition coefficient (Wildman–Crippen LogP) is 9.78. The number of nitrogens with one attached hydrogen (secondary N) is 1. The van der Waals surface area contributed by atoms with Gasteiger partial charge in [0.2, 0.25) is 5.91 Å². The lowest BCUT2D eigenvalue weighted by atomic mass is 9.99. The third-order valence-corrected chi connectivity index (χ3v) is 10.5. The van der Waals surface area contributed by atoms with Gasteiger partial charge in [-0.15, -0.1) is 0 Å². The average Bonchev–Trinajstić information content (AvgIpc) is 3.22. The summed E-state index contributed by atoms with van der Waals surface area (Å²) in [5, 5.41) is 54.1. The van der Waals surface area contributed by atoms with Crippen LogP contribution in [0.4, 0.5) is 0 Å². The smallest absolute Gasteiger partial charge is 0.220 e. The molecule has 0 aromatic carbocycles. The van der Waals surface area contributed by atoms with Crippen molar-refractivity contribution in [1.82, 2.24) is 5.32 Å². The normalized spacial score (nSPS) is 21.5. The molecule has 0 bridgehead atoms. The molecule has 1 rings (SSSR count). The summed E-state index contributed by atoms with van der Waals surface area (Å²) in [7, 11) is 0. The van der Waals surface area contributed by atoms with Crippen molar-refractivity contribution in [2.75, 3.05) is 13.2 Å². The molecule has 6 N–H and O–H groups in total. The number of rotatable bonds is 37. The molecule has 1 fully saturated rings. The topological polar surface area (TPSA) is 149 Å². The van der Waals surface area contributed by atoms with Crippen molar-refractivity contribution >= 4 is 5.91 Å². The van der Waals surface area contributed by atoms with E-state index < -0.39 is 49.5 Å². The first-order chi connectivity index (χ1) is 28.3. The highest BCUT2D eigenvalue weighted by Gasteiger charge is 2.44. The second-order valence-electron chi connectivity index (χ2n) is 15.8. The van der Waals surface area contributed by atoms with Crippen molar-refractivity contribution in [3.63, 3.8) is 0 Å². The van der Waals surface area contributed by atoms with Gasteiger partial charge in [-0.3, -0.25) is 4.79 Å². The van der Waals surface area contributed by atoms with Crippen LogP contribution in [-0.4, -0.2) is 87.5 Å². The molecule has 58 heavy (non-hydrogen) atoms. The number of amides is 1. The fourth-order valence-corrected chi connectivity index (χ4v) is 6.83. The van der Waals surface area contributed by atoms with Crippen molar-refractivity contribution in [1.29, 1.82) is 0 Å². The van der Waals surface area contributed by atoms with E-state index in [-0.39, 0.29) is 18.9 Å². The zero-order chi connectivity index (χ0) is 42.3. The maximum absolute atomic E-state index is 12.9. The summed E-state index contributed by atoms with van der Waals surface area (Å²) in [5.74, 6) is -0.269. The monoisotopic (exact) mass is 816 g/mol. The van der Waals surface area contributed by atoms with Crippen LogP contribution in [0.2, 0.25) is 0 Å². The minimum Gasteiger partial charge on any atom is -0.394 e. The van der Waals surface area contributed by atoms with E-state index in [9.17, 15) is 30.3 Å². The fourth-order valence-electron chi connectivity index (χ4n) is 6.83. The molecule has 1 aliphatic rings. The number of allylic oxidation sites excluding steroid dienone is 11. The van der Waals surface area contributed by atoms with Gasteiger partial charge >= 0.3 is 0 Å². The van der Waals surface area contributed by atoms with Gasteiger partial charge in [0, 0.05) is 6.42 Å². The van der Waals surface area contributed by atoms with Gasteiger partial charge in [-0.2, -0.15) is 0 Å². The fraction of sp³-hybridized carbons (Fsp3) is 0.735. The number of carbonyl (C=O) groups excluding carboxylic acids is 1. The molecule has 0 aromatic rings. The molecule has 0 saturated carbocycles. The standard InChI is InChI=1S/C49H85NO8/c1-3-5-7-9-11-13-15-17-18-19-20-21-22-23-24-25-27-28-30-32-34-36-38-43(52)42(41-57-49-48(56)47(55)46(54)44(40-51)58-49)50-45(53)39-37-35-33-31-29-26-16-14-12-10-8-6-4-2/h6,8,12,14,26,28-30,33,35-36,38,42-44,46-49,51-52,54-56H,3-5,7,9-11,13,15-25,27,31-32,34,37,39-41H2,1-2H3,(H,50,53)/b8-6-,14-12-,29-26-,30-28+,35-33-,38-36+. The van der Waals surface area contributed by atoms with Crippen LogP contribution in [0.15, 0.2) is 72.9 Å². The summed E-state index contributed by atoms with van der Waals surface area (Å²) >= 11 is 0. The first kappa shape index (κ1) is 53.6. The van der Waals surface area contributed by atoms with Gasteiger partial charge in [0.05, 0.1) is 25.4 Å². The van der Waals surface area contributed by atoms with Crippen LogP contribution in [0, 0.1) is 0 Å². The van der Waals surface area contributed by atoms with Crippen molar-refractivity contribution in [2.45, 2.75) is 217 Å². The van der Waals surface area contributed by atoms with Crippen LogP contribution < -0.4 is 5.32 Å². The molecule has 1 amide bonds. The van der Waals surface area contributed by atoms with Crippen LogP contribution in [0.5, 0.6) is 0 Å². The highest BCUT2D eigenvalue weighted by atomic mass is 16.7. The van der Waals surface area contributed by atoms with Crippen LogP contribution in [0.3, 0.4) is 0 Å². The van der Waals surface area contributed by atoms with Crippen LogP contribution >= 0.6 is 0 Å². The summed E-state index contributed by atoms with van der Waals surface area (Å²) in [6.45, 7) is 3.58.